The van der Waals surface area contributed by atoms with E-state index in [1.54, 1.807) is 11.8 Å². The first-order valence-electron chi connectivity index (χ1n) is 9.42. The van der Waals surface area contributed by atoms with Crippen LogP contribution in [-0.4, -0.2) is 10.8 Å². The Kier molecular flexibility index (Phi) is 8.01. The van der Waals surface area contributed by atoms with Crippen LogP contribution in [0.15, 0.2) is 106 Å². The lowest BCUT2D eigenvalue weighted by Gasteiger charge is -2.11. The molecule has 3 aromatic carbocycles. The number of aryl methyl sites for hydroxylation is 1. The minimum atomic E-state index is 0.476. The average molecular weight is 404 g/mol. The molecule has 0 N–H and O–H groups in total. The summed E-state index contributed by atoms with van der Waals surface area (Å²) in [5.41, 5.74) is 3.61. The van der Waals surface area contributed by atoms with E-state index in [1.165, 1.54) is 16.0 Å². The molecule has 142 valence electrons. The van der Waals surface area contributed by atoms with Crippen LogP contribution in [0.4, 0.5) is 5.69 Å². The van der Waals surface area contributed by atoms with Gasteiger partial charge in [0.25, 0.3) is 0 Å². The molecule has 0 aliphatic heterocycles. The molecular weight excluding hydrogens is 378 g/mol. The molecule has 0 fully saturated rings. The number of thioether (sulfide) groups is 2. The molecular formula is C25H25NS2. The highest BCUT2D eigenvalue weighted by Gasteiger charge is 2.07. The third-order valence-corrected chi connectivity index (χ3v) is 6.29. The van der Waals surface area contributed by atoms with Gasteiger partial charge in [0.05, 0.1) is 10.7 Å². The van der Waals surface area contributed by atoms with Crippen LogP contribution < -0.4 is 0 Å². The van der Waals surface area contributed by atoms with E-state index in [0.717, 1.165) is 16.5 Å². The Morgan fingerprint density at radius 2 is 1.54 bits per heavy atom. The molecule has 3 aromatic rings. The second-order valence-electron chi connectivity index (χ2n) is 6.64. The molecule has 0 aromatic heterocycles. The minimum Gasteiger partial charge on any atom is -0.242 e. The topological polar surface area (TPSA) is 12.4 Å². The predicted octanol–water partition coefficient (Wildman–Crippen LogP) is 7.87. The van der Waals surface area contributed by atoms with E-state index >= 15 is 0 Å². The van der Waals surface area contributed by atoms with Crippen molar-refractivity contribution in [3.63, 3.8) is 0 Å². The average Bonchev–Trinajstić information content (AvgIpc) is 2.74. The molecule has 1 unspecified atom stereocenters. The van der Waals surface area contributed by atoms with Gasteiger partial charge in [-0.15, -0.1) is 11.8 Å². The van der Waals surface area contributed by atoms with Gasteiger partial charge >= 0.3 is 0 Å². The van der Waals surface area contributed by atoms with Gasteiger partial charge in [0.15, 0.2) is 0 Å². The van der Waals surface area contributed by atoms with Crippen LogP contribution in [0.1, 0.15) is 24.0 Å². The number of hydrogen-bond donors (Lipinski definition) is 0. The fourth-order valence-corrected chi connectivity index (χ4v) is 4.32. The second-order valence-corrected chi connectivity index (χ2v) is 8.66. The van der Waals surface area contributed by atoms with Crippen LogP contribution in [0.2, 0.25) is 0 Å². The van der Waals surface area contributed by atoms with E-state index in [0.29, 0.717) is 5.92 Å². The number of nitrogens with zero attached hydrogens (tertiary/aromatic N) is 1. The lowest BCUT2D eigenvalue weighted by molar-refractivity contribution is 0.883. The first-order chi connectivity index (χ1) is 13.7. The lowest BCUT2D eigenvalue weighted by Crippen LogP contribution is -1.99. The zero-order valence-corrected chi connectivity index (χ0v) is 17.9. The summed E-state index contributed by atoms with van der Waals surface area (Å²) in [7, 11) is 0. The molecule has 0 aliphatic rings. The Balaban J connectivity index is 1.71. The standard InChI is InChI=1S/C25H25NS2/c1-20-13-15-23(16-14-20)26-25(17-18-27-24-11-7-4-8-12-24)28-19-21(2)22-9-5-3-6-10-22/h3-18,21H,19H2,1-2H3. The van der Waals surface area contributed by atoms with Crippen molar-refractivity contribution >= 4 is 34.3 Å². The van der Waals surface area contributed by atoms with Gasteiger partial charge in [0.1, 0.15) is 0 Å². The number of aliphatic imine (C=N–C) groups is 1. The minimum absolute atomic E-state index is 0.476. The molecule has 3 rings (SSSR count). The molecule has 0 saturated heterocycles. The van der Waals surface area contributed by atoms with Crippen molar-refractivity contribution in [1.82, 2.24) is 0 Å². The first kappa shape index (κ1) is 20.5. The molecule has 28 heavy (non-hydrogen) atoms. The molecule has 1 nitrogen and oxygen atoms in total. The van der Waals surface area contributed by atoms with E-state index in [9.17, 15) is 0 Å². The third kappa shape index (κ3) is 6.74. The van der Waals surface area contributed by atoms with Gasteiger partial charge < -0.3 is 0 Å². The maximum absolute atomic E-state index is 4.88. The summed E-state index contributed by atoms with van der Waals surface area (Å²) in [6.45, 7) is 4.37. The molecule has 0 radical (unpaired) electrons. The summed E-state index contributed by atoms with van der Waals surface area (Å²) in [5, 5.41) is 3.16. The van der Waals surface area contributed by atoms with Crippen molar-refractivity contribution < 1.29 is 0 Å². The maximum Gasteiger partial charge on any atom is 0.0972 e. The van der Waals surface area contributed by atoms with Crippen LogP contribution in [0.25, 0.3) is 0 Å². The van der Waals surface area contributed by atoms with E-state index in [2.05, 4.69) is 104 Å². The monoisotopic (exact) mass is 403 g/mol. The van der Waals surface area contributed by atoms with Crippen LogP contribution >= 0.6 is 23.5 Å². The Morgan fingerprint density at radius 1 is 0.893 bits per heavy atom. The first-order valence-corrected chi connectivity index (χ1v) is 11.3. The summed E-state index contributed by atoms with van der Waals surface area (Å²) in [6.07, 6.45) is 2.12. The summed E-state index contributed by atoms with van der Waals surface area (Å²) >= 11 is 3.53. The number of benzene rings is 3. The summed E-state index contributed by atoms with van der Waals surface area (Å²) in [4.78, 5) is 6.11. The van der Waals surface area contributed by atoms with Crippen molar-refractivity contribution in [2.45, 2.75) is 24.7 Å². The van der Waals surface area contributed by atoms with Gasteiger partial charge in [-0.1, -0.05) is 84.9 Å². The molecule has 3 heteroatoms. The molecule has 0 aliphatic carbocycles. The highest BCUT2D eigenvalue weighted by Crippen LogP contribution is 2.25. The van der Waals surface area contributed by atoms with Crippen LogP contribution in [0.5, 0.6) is 0 Å². The van der Waals surface area contributed by atoms with E-state index in [-0.39, 0.29) is 0 Å². The smallest absolute Gasteiger partial charge is 0.0972 e. The fraction of sp³-hybridized carbons (Fsp3) is 0.160. The van der Waals surface area contributed by atoms with Crippen molar-refractivity contribution in [2.24, 2.45) is 4.99 Å². The normalized spacial score (nSPS) is 13.0. The van der Waals surface area contributed by atoms with Crippen molar-refractivity contribution in [3.05, 3.63) is 108 Å². The molecule has 0 amide bonds. The Labute approximate surface area is 177 Å². The largest absolute Gasteiger partial charge is 0.242 e. The van der Waals surface area contributed by atoms with Crippen LogP contribution in [0, 0.1) is 6.92 Å². The molecule has 0 heterocycles. The van der Waals surface area contributed by atoms with E-state index < -0.39 is 0 Å². The maximum atomic E-state index is 4.88. The highest BCUT2D eigenvalue weighted by molar-refractivity contribution is 8.14. The van der Waals surface area contributed by atoms with Crippen molar-refractivity contribution in [3.8, 4) is 0 Å². The summed E-state index contributed by atoms with van der Waals surface area (Å²) < 4.78 is 0. The zero-order chi connectivity index (χ0) is 19.6. The third-order valence-electron chi connectivity index (χ3n) is 4.28. The Morgan fingerprint density at radius 3 is 2.21 bits per heavy atom. The highest BCUT2D eigenvalue weighted by atomic mass is 32.2. The fourth-order valence-electron chi connectivity index (χ4n) is 2.62. The van der Waals surface area contributed by atoms with E-state index in [4.69, 9.17) is 4.99 Å². The van der Waals surface area contributed by atoms with Gasteiger partial charge in [-0.25, -0.2) is 4.99 Å². The second kappa shape index (κ2) is 10.9. The van der Waals surface area contributed by atoms with Gasteiger partial charge in [0, 0.05) is 10.6 Å². The van der Waals surface area contributed by atoms with Crippen LogP contribution in [0.3, 0.4) is 0 Å². The number of hydrogen-bond acceptors (Lipinski definition) is 3. The van der Waals surface area contributed by atoms with E-state index in [1.807, 2.05) is 17.8 Å². The predicted molar refractivity (Wildman–Crippen MR) is 127 cm³/mol. The van der Waals surface area contributed by atoms with Gasteiger partial charge in [0.2, 0.25) is 0 Å². The number of rotatable bonds is 7. The quantitative estimate of drug-likeness (QED) is 0.226. The molecule has 1 atom stereocenters. The Hall–Kier alpha value is -2.23. The summed E-state index contributed by atoms with van der Waals surface area (Å²) in [5.74, 6) is 1.47. The lowest BCUT2D eigenvalue weighted by atomic mass is 10.0. The van der Waals surface area contributed by atoms with Gasteiger partial charge in [-0.05, 0) is 54.2 Å². The SMILES string of the molecule is Cc1ccc(N=C(C=CSc2ccccc2)SCC(C)c2ccccc2)cc1. The van der Waals surface area contributed by atoms with Gasteiger partial charge in [-0.3, -0.25) is 0 Å². The summed E-state index contributed by atoms with van der Waals surface area (Å²) in [6, 6.07) is 29.5. The van der Waals surface area contributed by atoms with Gasteiger partial charge in [-0.2, -0.15) is 0 Å². The van der Waals surface area contributed by atoms with Crippen molar-refractivity contribution in [1.29, 1.82) is 0 Å². The molecule has 0 saturated carbocycles. The van der Waals surface area contributed by atoms with Crippen LogP contribution in [-0.2, 0) is 0 Å². The van der Waals surface area contributed by atoms with Crippen molar-refractivity contribution in [2.75, 3.05) is 5.75 Å². The Bertz CT molecular complexity index is 900. The molecule has 0 bridgehead atoms. The molecule has 0 spiro atoms. The zero-order valence-electron chi connectivity index (χ0n) is 16.3.